The molecule has 0 saturated carbocycles. The molecule has 0 aliphatic rings. The van der Waals surface area contributed by atoms with Gasteiger partial charge in [-0.3, -0.25) is 4.79 Å². The van der Waals surface area contributed by atoms with Gasteiger partial charge in [0.05, 0.1) is 17.1 Å². The fraction of sp³-hybridized carbons (Fsp3) is 0.417. The van der Waals surface area contributed by atoms with Gasteiger partial charge in [-0.1, -0.05) is 22.9 Å². The number of nitrogens with two attached hydrogens (primary N) is 1. The Morgan fingerprint density at radius 2 is 2.24 bits per heavy atom. The maximum atomic E-state index is 11.7. The SMILES string of the molecule is CCCSCC(=O)Nc1cc(Br)cc(C)c1N. The molecule has 0 atom stereocenters. The van der Waals surface area contributed by atoms with Gasteiger partial charge in [-0.15, -0.1) is 0 Å². The monoisotopic (exact) mass is 316 g/mol. The van der Waals surface area contributed by atoms with Crippen molar-refractivity contribution >= 4 is 45.0 Å². The van der Waals surface area contributed by atoms with Crippen LogP contribution in [-0.2, 0) is 4.79 Å². The lowest BCUT2D eigenvalue weighted by Crippen LogP contribution is -2.15. The number of nitrogen functional groups attached to an aromatic ring is 1. The van der Waals surface area contributed by atoms with Gasteiger partial charge in [0.2, 0.25) is 5.91 Å². The van der Waals surface area contributed by atoms with E-state index in [9.17, 15) is 4.79 Å². The van der Waals surface area contributed by atoms with Crippen LogP contribution in [-0.4, -0.2) is 17.4 Å². The van der Waals surface area contributed by atoms with E-state index in [1.54, 1.807) is 11.8 Å². The first-order valence-corrected chi connectivity index (χ1v) is 7.42. The zero-order chi connectivity index (χ0) is 12.8. The van der Waals surface area contributed by atoms with Gasteiger partial charge >= 0.3 is 0 Å². The smallest absolute Gasteiger partial charge is 0.234 e. The summed E-state index contributed by atoms with van der Waals surface area (Å²) < 4.78 is 0.917. The van der Waals surface area contributed by atoms with E-state index in [0.29, 0.717) is 17.1 Å². The highest BCUT2D eigenvalue weighted by Crippen LogP contribution is 2.27. The minimum Gasteiger partial charge on any atom is -0.397 e. The Bertz CT molecular complexity index is 410. The van der Waals surface area contributed by atoms with Crippen molar-refractivity contribution in [1.29, 1.82) is 0 Å². The van der Waals surface area contributed by atoms with Gasteiger partial charge in [-0.05, 0) is 36.8 Å². The second kappa shape index (κ2) is 6.91. The minimum atomic E-state index is -0.00681. The molecule has 3 nitrogen and oxygen atoms in total. The van der Waals surface area contributed by atoms with Crippen molar-refractivity contribution in [2.45, 2.75) is 20.3 Å². The summed E-state index contributed by atoms with van der Waals surface area (Å²) in [5, 5.41) is 2.84. The first kappa shape index (κ1) is 14.4. The quantitative estimate of drug-likeness (QED) is 0.646. The van der Waals surface area contributed by atoms with Gasteiger partial charge in [0, 0.05) is 4.47 Å². The van der Waals surface area contributed by atoms with Crippen LogP contribution in [0.1, 0.15) is 18.9 Å². The predicted molar refractivity (Wildman–Crippen MR) is 79.5 cm³/mol. The predicted octanol–water partition coefficient (Wildman–Crippen LogP) is 3.42. The van der Waals surface area contributed by atoms with Crippen LogP contribution in [0, 0.1) is 6.92 Å². The van der Waals surface area contributed by atoms with Crippen molar-refractivity contribution in [3.05, 3.63) is 22.2 Å². The fourth-order valence-corrected chi connectivity index (χ4v) is 2.62. The Balaban J connectivity index is 2.65. The van der Waals surface area contributed by atoms with E-state index < -0.39 is 0 Å². The molecule has 0 fully saturated rings. The van der Waals surface area contributed by atoms with Crippen molar-refractivity contribution in [3.8, 4) is 0 Å². The lowest BCUT2D eigenvalue weighted by molar-refractivity contribution is -0.113. The summed E-state index contributed by atoms with van der Waals surface area (Å²) in [7, 11) is 0. The number of carbonyl (C=O) groups is 1. The lowest BCUT2D eigenvalue weighted by atomic mass is 10.2. The van der Waals surface area contributed by atoms with Gasteiger partial charge < -0.3 is 11.1 Å². The Morgan fingerprint density at radius 3 is 2.88 bits per heavy atom. The summed E-state index contributed by atoms with van der Waals surface area (Å²) in [5.41, 5.74) is 8.17. The number of anilines is 2. The first-order valence-electron chi connectivity index (χ1n) is 5.47. The number of hydrogen-bond acceptors (Lipinski definition) is 3. The van der Waals surface area contributed by atoms with Gasteiger partial charge in [0.15, 0.2) is 0 Å². The van der Waals surface area contributed by atoms with Crippen LogP contribution < -0.4 is 11.1 Å². The zero-order valence-electron chi connectivity index (χ0n) is 10.0. The van der Waals surface area contributed by atoms with E-state index in [4.69, 9.17) is 5.73 Å². The van der Waals surface area contributed by atoms with E-state index >= 15 is 0 Å². The Morgan fingerprint density at radius 1 is 1.53 bits per heavy atom. The largest absolute Gasteiger partial charge is 0.397 e. The van der Waals surface area contributed by atoms with Crippen molar-refractivity contribution in [3.63, 3.8) is 0 Å². The third-order valence-corrected chi connectivity index (χ3v) is 3.83. The Hall–Kier alpha value is -0.680. The number of nitrogens with one attached hydrogen (secondary N) is 1. The van der Waals surface area contributed by atoms with Crippen LogP contribution >= 0.6 is 27.7 Å². The van der Waals surface area contributed by atoms with Gasteiger partial charge in [-0.25, -0.2) is 0 Å². The summed E-state index contributed by atoms with van der Waals surface area (Å²) in [6.07, 6.45) is 1.08. The first-order chi connectivity index (χ1) is 8.04. The fourth-order valence-electron chi connectivity index (χ4n) is 1.35. The van der Waals surface area contributed by atoms with E-state index in [0.717, 1.165) is 22.2 Å². The normalized spacial score (nSPS) is 10.3. The van der Waals surface area contributed by atoms with Crippen molar-refractivity contribution in [2.75, 3.05) is 22.6 Å². The zero-order valence-corrected chi connectivity index (χ0v) is 12.5. The lowest BCUT2D eigenvalue weighted by Gasteiger charge is -2.11. The number of thioether (sulfide) groups is 1. The van der Waals surface area contributed by atoms with Crippen LogP contribution in [0.25, 0.3) is 0 Å². The van der Waals surface area contributed by atoms with Crippen molar-refractivity contribution < 1.29 is 4.79 Å². The van der Waals surface area contributed by atoms with E-state index in [-0.39, 0.29) is 5.91 Å². The topological polar surface area (TPSA) is 55.1 Å². The van der Waals surface area contributed by atoms with Crippen LogP contribution in [0.15, 0.2) is 16.6 Å². The van der Waals surface area contributed by atoms with E-state index in [2.05, 4.69) is 28.2 Å². The van der Waals surface area contributed by atoms with Gasteiger partial charge in [-0.2, -0.15) is 11.8 Å². The second-order valence-corrected chi connectivity index (χ2v) is 5.81. The highest BCUT2D eigenvalue weighted by molar-refractivity contribution is 9.10. The summed E-state index contributed by atoms with van der Waals surface area (Å²) in [6, 6.07) is 3.75. The molecule has 0 saturated heterocycles. The highest BCUT2D eigenvalue weighted by atomic mass is 79.9. The molecule has 1 rings (SSSR count). The van der Waals surface area contributed by atoms with Crippen LogP contribution in [0.3, 0.4) is 0 Å². The molecule has 1 amide bonds. The summed E-state index contributed by atoms with van der Waals surface area (Å²) in [5.74, 6) is 1.46. The maximum Gasteiger partial charge on any atom is 0.234 e. The molecule has 1 aromatic rings. The van der Waals surface area contributed by atoms with Crippen LogP contribution in [0.4, 0.5) is 11.4 Å². The molecule has 3 N–H and O–H groups in total. The summed E-state index contributed by atoms with van der Waals surface area (Å²) >= 11 is 5.02. The molecule has 0 aliphatic heterocycles. The standard InChI is InChI=1S/C12H17BrN2OS/c1-3-4-17-7-11(16)15-10-6-9(13)5-8(2)12(10)14/h5-6H,3-4,7,14H2,1-2H3,(H,15,16). The molecule has 17 heavy (non-hydrogen) atoms. The second-order valence-electron chi connectivity index (χ2n) is 3.78. The number of amides is 1. The number of benzene rings is 1. The molecule has 0 spiro atoms. The molecule has 0 aliphatic carbocycles. The van der Waals surface area contributed by atoms with Crippen LogP contribution in [0.5, 0.6) is 0 Å². The molecule has 0 unspecified atom stereocenters. The number of rotatable bonds is 5. The van der Waals surface area contributed by atoms with Crippen molar-refractivity contribution in [1.82, 2.24) is 0 Å². The molecular weight excluding hydrogens is 300 g/mol. The number of carbonyl (C=O) groups excluding carboxylic acids is 1. The van der Waals surface area contributed by atoms with Crippen molar-refractivity contribution in [2.24, 2.45) is 0 Å². The summed E-state index contributed by atoms with van der Waals surface area (Å²) in [6.45, 7) is 4.02. The highest BCUT2D eigenvalue weighted by Gasteiger charge is 2.08. The molecule has 0 radical (unpaired) electrons. The molecule has 94 valence electrons. The summed E-state index contributed by atoms with van der Waals surface area (Å²) in [4.78, 5) is 11.7. The third-order valence-electron chi connectivity index (χ3n) is 2.21. The molecule has 0 aromatic heterocycles. The average Bonchev–Trinajstić information content (AvgIpc) is 2.25. The molecular formula is C12H17BrN2OS. The number of aryl methyl sites for hydroxylation is 1. The Kier molecular flexibility index (Phi) is 5.85. The maximum absolute atomic E-state index is 11.7. The average molecular weight is 317 g/mol. The third kappa shape index (κ3) is 4.60. The van der Waals surface area contributed by atoms with Gasteiger partial charge in [0.1, 0.15) is 0 Å². The van der Waals surface area contributed by atoms with Gasteiger partial charge in [0.25, 0.3) is 0 Å². The molecule has 0 bridgehead atoms. The molecule has 1 aromatic carbocycles. The number of hydrogen-bond donors (Lipinski definition) is 2. The van der Waals surface area contributed by atoms with Crippen LogP contribution in [0.2, 0.25) is 0 Å². The van der Waals surface area contributed by atoms with E-state index in [1.165, 1.54) is 0 Å². The number of halogens is 1. The Labute approximate surface area is 115 Å². The molecule has 5 heteroatoms. The molecule has 0 heterocycles. The van der Waals surface area contributed by atoms with E-state index in [1.807, 2.05) is 19.1 Å². The minimum absolute atomic E-state index is 0.00681.